The molecule has 0 radical (unpaired) electrons. The maximum Gasteiger partial charge on any atom is 0.133 e. The van der Waals surface area contributed by atoms with Gasteiger partial charge in [-0.2, -0.15) is 0 Å². The molecule has 0 aliphatic rings. The Kier molecular flexibility index (Phi) is 3.22. The topological polar surface area (TPSA) is 46.2 Å². The van der Waals surface area contributed by atoms with Crippen molar-refractivity contribution in [2.24, 2.45) is 5.73 Å². The Morgan fingerprint density at radius 3 is 2.50 bits per heavy atom. The lowest BCUT2D eigenvalue weighted by molar-refractivity contribution is 0.446. The van der Waals surface area contributed by atoms with E-state index in [1.807, 2.05) is 32.9 Å². The van der Waals surface area contributed by atoms with Gasteiger partial charge in [-0.15, -0.1) is 0 Å². The van der Waals surface area contributed by atoms with E-state index >= 15 is 0 Å². The first-order valence-corrected chi connectivity index (χ1v) is 5.36. The number of benzene rings is 1. The van der Waals surface area contributed by atoms with Crippen LogP contribution in [0.15, 0.2) is 16.6 Å². The fraction of sp³-hybridized carbons (Fsp3) is 0.455. The van der Waals surface area contributed by atoms with Crippen LogP contribution in [0.4, 0.5) is 0 Å². The van der Waals surface area contributed by atoms with Gasteiger partial charge >= 0.3 is 0 Å². The molecule has 1 rings (SSSR count). The molecule has 78 valence electrons. The summed E-state index contributed by atoms with van der Waals surface area (Å²) in [5, 5.41) is 9.84. The van der Waals surface area contributed by atoms with E-state index in [0.717, 1.165) is 15.6 Å². The lowest BCUT2D eigenvalue weighted by Crippen LogP contribution is -2.34. The van der Waals surface area contributed by atoms with Gasteiger partial charge in [0.15, 0.2) is 0 Å². The second-order valence-electron chi connectivity index (χ2n) is 4.36. The Hall–Kier alpha value is -0.540. The van der Waals surface area contributed by atoms with Gasteiger partial charge in [0, 0.05) is 5.54 Å². The largest absolute Gasteiger partial charge is 0.506 e. The molecule has 0 unspecified atom stereocenters. The van der Waals surface area contributed by atoms with Gasteiger partial charge in [0.1, 0.15) is 5.75 Å². The number of phenolic OH excluding ortho intramolecular Hbond substituents is 1. The summed E-state index contributed by atoms with van der Waals surface area (Å²) in [6.07, 6.45) is 0.671. The maximum absolute atomic E-state index is 9.84. The Morgan fingerprint density at radius 1 is 1.43 bits per heavy atom. The van der Waals surface area contributed by atoms with Crippen LogP contribution in [0, 0.1) is 6.92 Å². The van der Waals surface area contributed by atoms with Crippen molar-refractivity contribution in [1.82, 2.24) is 0 Å². The lowest BCUT2D eigenvalue weighted by Gasteiger charge is -2.21. The van der Waals surface area contributed by atoms with Crippen molar-refractivity contribution in [1.29, 1.82) is 0 Å². The summed E-state index contributed by atoms with van der Waals surface area (Å²) in [5.41, 5.74) is 7.62. The second-order valence-corrected chi connectivity index (χ2v) is 5.21. The second kappa shape index (κ2) is 3.91. The third-order valence-electron chi connectivity index (χ3n) is 2.10. The van der Waals surface area contributed by atoms with E-state index in [0.29, 0.717) is 12.2 Å². The standard InChI is InChI=1S/C11H16BrNO/c1-7-4-5-9(12)10(14)8(7)6-11(2,3)13/h4-5,14H,6,13H2,1-3H3. The average molecular weight is 258 g/mol. The molecule has 0 heterocycles. The number of rotatable bonds is 2. The Morgan fingerprint density at radius 2 is 2.00 bits per heavy atom. The Labute approximate surface area is 93.3 Å². The van der Waals surface area contributed by atoms with Crippen LogP contribution in [-0.2, 0) is 6.42 Å². The first-order valence-electron chi connectivity index (χ1n) is 4.57. The quantitative estimate of drug-likeness (QED) is 0.856. The molecule has 0 atom stereocenters. The number of aryl methyl sites for hydroxylation is 1. The molecule has 3 heteroatoms. The highest BCUT2D eigenvalue weighted by atomic mass is 79.9. The first-order chi connectivity index (χ1) is 6.31. The van der Waals surface area contributed by atoms with Crippen LogP contribution in [0.1, 0.15) is 25.0 Å². The summed E-state index contributed by atoms with van der Waals surface area (Å²) in [4.78, 5) is 0. The van der Waals surface area contributed by atoms with Gasteiger partial charge in [-0.3, -0.25) is 0 Å². The van der Waals surface area contributed by atoms with Crippen LogP contribution in [0.3, 0.4) is 0 Å². The van der Waals surface area contributed by atoms with Gasteiger partial charge in [0.25, 0.3) is 0 Å². The molecule has 0 aliphatic heterocycles. The third kappa shape index (κ3) is 2.72. The van der Waals surface area contributed by atoms with Crippen LogP contribution >= 0.6 is 15.9 Å². The molecule has 1 aromatic carbocycles. The monoisotopic (exact) mass is 257 g/mol. The highest BCUT2D eigenvalue weighted by molar-refractivity contribution is 9.10. The molecule has 1 aromatic rings. The SMILES string of the molecule is Cc1ccc(Br)c(O)c1CC(C)(C)N. The number of aromatic hydroxyl groups is 1. The molecule has 0 spiro atoms. The molecule has 2 nitrogen and oxygen atoms in total. The molecule has 0 bridgehead atoms. The van der Waals surface area contributed by atoms with Gasteiger partial charge in [-0.25, -0.2) is 0 Å². The smallest absolute Gasteiger partial charge is 0.133 e. The van der Waals surface area contributed by atoms with Gasteiger partial charge in [0.05, 0.1) is 4.47 Å². The molecule has 0 saturated heterocycles. The zero-order chi connectivity index (χ0) is 10.9. The van der Waals surface area contributed by atoms with Crippen LogP contribution in [0.5, 0.6) is 5.75 Å². The molecule has 0 saturated carbocycles. The summed E-state index contributed by atoms with van der Waals surface area (Å²) < 4.78 is 0.724. The number of halogens is 1. The first kappa shape index (κ1) is 11.5. The summed E-state index contributed by atoms with van der Waals surface area (Å²) in [6.45, 7) is 5.88. The highest BCUT2D eigenvalue weighted by Gasteiger charge is 2.17. The van der Waals surface area contributed by atoms with Crippen LogP contribution < -0.4 is 5.73 Å². The summed E-state index contributed by atoms with van der Waals surface area (Å²) >= 11 is 3.30. The van der Waals surface area contributed by atoms with E-state index in [-0.39, 0.29) is 5.54 Å². The molecule has 0 fully saturated rings. The highest BCUT2D eigenvalue weighted by Crippen LogP contribution is 2.32. The van der Waals surface area contributed by atoms with E-state index in [1.165, 1.54) is 0 Å². The minimum absolute atomic E-state index is 0.303. The van der Waals surface area contributed by atoms with Gasteiger partial charge in [-0.1, -0.05) is 6.07 Å². The van der Waals surface area contributed by atoms with E-state index in [1.54, 1.807) is 0 Å². The van der Waals surface area contributed by atoms with Gasteiger partial charge < -0.3 is 10.8 Å². The maximum atomic E-state index is 9.84. The van der Waals surface area contributed by atoms with Gasteiger partial charge in [0.2, 0.25) is 0 Å². The van der Waals surface area contributed by atoms with Crippen molar-refractivity contribution in [2.75, 3.05) is 0 Å². The molecule has 0 amide bonds. The van der Waals surface area contributed by atoms with Crippen LogP contribution in [0.2, 0.25) is 0 Å². The Bertz CT molecular complexity index is 342. The van der Waals surface area contributed by atoms with E-state index in [2.05, 4.69) is 15.9 Å². The van der Waals surface area contributed by atoms with Crippen LogP contribution in [0.25, 0.3) is 0 Å². The van der Waals surface area contributed by atoms with Crippen molar-refractivity contribution in [3.05, 3.63) is 27.7 Å². The Balaban J connectivity index is 3.13. The van der Waals surface area contributed by atoms with Crippen LogP contribution in [-0.4, -0.2) is 10.6 Å². The predicted molar refractivity (Wildman–Crippen MR) is 62.5 cm³/mol. The number of hydrogen-bond acceptors (Lipinski definition) is 2. The molecular weight excluding hydrogens is 242 g/mol. The number of nitrogens with two attached hydrogens (primary N) is 1. The fourth-order valence-corrected chi connectivity index (χ4v) is 1.76. The fourth-order valence-electron chi connectivity index (χ4n) is 1.39. The zero-order valence-corrected chi connectivity index (χ0v) is 10.4. The lowest BCUT2D eigenvalue weighted by atomic mass is 9.93. The summed E-state index contributed by atoms with van der Waals surface area (Å²) in [6, 6.07) is 3.82. The summed E-state index contributed by atoms with van der Waals surface area (Å²) in [7, 11) is 0. The van der Waals surface area contributed by atoms with Crippen molar-refractivity contribution in [3.8, 4) is 5.75 Å². The van der Waals surface area contributed by atoms with Crippen molar-refractivity contribution >= 4 is 15.9 Å². The predicted octanol–water partition coefficient (Wildman–Crippen LogP) is 2.74. The number of phenols is 1. The summed E-state index contributed by atoms with van der Waals surface area (Å²) in [5.74, 6) is 0.309. The molecule has 0 aromatic heterocycles. The third-order valence-corrected chi connectivity index (χ3v) is 2.74. The number of hydrogen-bond donors (Lipinski definition) is 2. The minimum atomic E-state index is -0.303. The molecule has 3 N–H and O–H groups in total. The van der Waals surface area contributed by atoms with Crippen molar-refractivity contribution in [2.45, 2.75) is 32.7 Å². The molecule has 0 aliphatic carbocycles. The zero-order valence-electron chi connectivity index (χ0n) is 8.76. The van der Waals surface area contributed by atoms with E-state index < -0.39 is 0 Å². The normalized spacial score (nSPS) is 11.8. The average Bonchev–Trinajstić information content (AvgIpc) is 2.04. The van der Waals surface area contributed by atoms with E-state index in [4.69, 9.17) is 5.73 Å². The molecule has 14 heavy (non-hydrogen) atoms. The molecular formula is C11H16BrNO. The minimum Gasteiger partial charge on any atom is -0.506 e. The van der Waals surface area contributed by atoms with E-state index in [9.17, 15) is 5.11 Å². The van der Waals surface area contributed by atoms with Crippen molar-refractivity contribution in [3.63, 3.8) is 0 Å². The van der Waals surface area contributed by atoms with Crippen molar-refractivity contribution < 1.29 is 5.11 Å². The van der Waals surface area contributed by atoms with Gasteiger partial charge in [-0.05, 0) is 60.3 Å².